The number of nitrogens with one attached hydrogen (secondary N) is 1. The van der Waals surface area contributed by atoms with Crippen molar-refractivity contribution >= 4 is 16.0 Å². The largest absolute Gasteiger partial charge is 0.464 e. The van der Waals surface area contributed by atoms with Gasteiger partial charge in [-0.25, -0.2) is 18.2 Å². The van der Waals surface area contributed by atoms with Crippen molar-refractivity contribution in [2.24, 2.45) is 0 Å². The average Bonchev–Trinajstić information content (AvgIpc) is 2.45. The number of sulfonamides is 1. The van der Waals surface area contributed by atoms with Crippen molar-refractivity contribution in [3.05, 3.63) is 24.0 Å². The molecular weight excluding hydrogens is 282 g/mol. The normalized spacial score (nSPS) is 12.4. The molecule has 0 aromatic carbocycles. The summed E-state index contributed by atoms with van der Waals surface area (Å²) in [6.07, 6.45) is 2.15. The van der Waals surface area contributed by atoms with Gasteiger partial charge in [-0.2, -0.15) is 9.98 Å². The molecule has 1 rings (SSSR count). The van der Waals surface area contributed by atoms with E-state index in [-0.39, 0.29) is 10.6 Å². The number of nitrogens with zero attached hydrogens (tertiary/aromatic N) is 2. The molecule has 0 saturated carbocycles. The minimum absolute atomic E-state index is 0.0110. The second kappa shape index (κ2) is 6.98. The minimum atomic E-state index is -3.83. The van der Waals surface area contributed by atoms with Gasteiger partial charge >= 0.3 is 5.97 Å². The molecule has 0 saturated heterocycles. The SMILES string of the molecule is CCC[C@H](C#N)NS(=O)(=O)c1ccc(C(=O)OC)nc1. The van der Waals surface area contributed by atoms with Crippen LogP contribution in [-0.2, 0) is 14.8 Å². The fourth-order valence-corrected chi connectivity index (χ4v) is 2.58. The molecule has 7 nitrogen and oxygen atoms in total. The number of ether oxygens (including phenoxy) is 1. The van der Waals surface area contributed by atoms with Crippen LogP contribution < -0.4 is 4.72 Å². The number of aromatic nitrogens is 1. The molecule has 1 aromatic rings. The molecular formula is C12H15N3O4S. The number of hydrogen-bond donors (Lipinski definition) is 1. The van der Waals surface area contributed by atoms with Gasteiger partial charge in [-0.15, -0.1) is 0 Å². The summed E-state index contributed by atoms with van der Waals surface area (Å²) in [7, 11) is -2.62. The van der Waals surface area contributed by atoms with Crippen LogP contribution in [0.15, 0.2) is 23.2 Å². The van der Waals surface area contributed by atoms with Crippen LogP contribution in [0, 0.1) is 11.3 Å². The third-order valence-corrected chi connectivity index (χ3v) is 3.93. The first kappa shape index (κ1) is 16.1. The van der Waals surface area contributed by atoms with Gasteiger partial charge in [-0.05, 0) is 18.6 Å². The van der Waals surface area contributed by atoms with E-state index in [1.807, 2.05) is 13.0 Å². The van der Waals surface area contributed by atoms with Gasteiger partial charge in [-0.1, -0.05) is 13.3 Å². The molecule has 1 heterocycles. The lowest BCUT2D eigenvalue weighted by molar-refractivity contribution is 0.0594. The maximum Gasteiger partial charge on any atom is 0.356 e. The van der Waals surface area contributed by atoms with Gasteiger partial charge in [0.15, 0.2) is 0 Å². The number of rotatable bonds is 6. The summed E-state index contributed by atoms with van der Waals surface area (Å²) in [5, 5.41) is 8.86. The van der Waals surface area contributed by atoms with E-state index in [2.05, 4.69) is 14.4 Å². The molecule has 0 bridgehead atoms. The Morgan fingerprint density at radius 1 is 1.55 bits per heavy atom. The molecule has 0 radical (unpaired) electrons. The van der Waals surface area contributed by atoms with Crippen molar-refractivity contribution in [3.63, 3.8) is 0 Å². The summed E-state index contributed by atoms with van der Waals surface area (Å²) in [6, 6.07) is 3.59. The van der Waals surface area contributed by atoms with E-state index in [1.165, 1.54) is 19.2 Å². The Balaban J connectivity index is 2.93. The number of esters is 1. The van der Waals surface area contributed by atoms with Crippen LogP contribution >= 0.6 is 0 Å². The standard InChI is InChI=1S/C12H15N3O4S/c1-3-4-9(7-13)15-20(17,18)10-5-6-11(14-8-10)12(16)19-2/h5-6,8-9,15H,3-4H2,1-2H3/t9-/m1/s1. The average molecular weight is 297 g/mol. The predicted octanol–water partition coefficient (Wildman–Crippen LogP) is 0.839. The monoisotopic (exact) mass is 297 g/mol. The molecule has 0 amide bonds. The topological polar surface area (TPSA) is 109 Å². The van der Waals surface area contributed by atoms with Gasteiger partial charge in [0.05, 0.1) is 13.2 Å². The van der Waals surface area contributed by atoms with E-state index in [0.29, 0.717) is 12.8 Å². The van der Waals surface area contributed by atoms with Gasteiger partial charge in [0, 0.05) is 6.20 Å². The number of pyridine rings is 1. The second-order valence-electron chi connectivity index (χ2n) is 3.96. The molecule has 0 fully saturated rings. The van der Waals surface area contributed by atoms with Gasteiger partial charge in [0.1, 0.15) is 16.6 Å². The Morgan fingerprint density at radius 3 is 2.70 bits per heavy atom. The Morgan fingerprint density at radius 2 is 2.25 bits per heavy atom. The highest BCUT2D eigenvalue weighted by Gasteiger charge is 2.20. The fourth-order valence-electron chi connectivity index (χ4n) is 1.46. The van der Waals surface area contributed by atoms with E-state index in [1.54, 1.807) is 0 Å². The van der Waals surface area contributed by atoms with Gasteiger partial charge in [-0.3, -0.25) is 0 Å². The molecule has 8 heteroatoms. The third-order valence-electron chi connectivity index (χ3n) is 2.47. The summed E-state index contributed by atoms with van der Waals surface area (Å²) in [5.74, 6) is -0.650. The number of nitriles is 1. The predicted molar refractivity (Wildman–Crippen MR) is 70.2 cm³/mol. The molecule has 0 aliphatic heterocycles. The van der Waals surface area contributed by atoms with Crippen molar-refractivity contribution in [2.75, 3.05) is 7.11 Å². The molecule has 108 valence electrons. The summed E-state index contributed by atoms with van der Waals surface area (Å²) < 4.78 is 30.8. The van der Waals surface area contributed by atoms with Crippen LogP contribution in [0.4, 0.5) is 0 Å². The maximum atomic E-state index is 12.0. The van der Waals surface area contributed by atoms with Crippen LogP contribution in [0.3, 0.4) is 0 Å². The lowest BCUT2D eigenvalue weighted by Crippen LogP contribution is -2.33. The first-order valence-corrected chi connectivity index (χ1v) is 7.39. The Hall–Kier alpha value is -1.98. The molecule has 1 N–H and O–H groups in total. The van der Waals surface area contributed by atoms with E-state index < -0.39 is 22.0 Å². The van der Waals surface area contributed by atoms with Crippen LogP contribution in [0.25, 0.3) is 0 Å². The molecule has 0 aliphatic rings. The van der Waals surface area contributed by atoms with Crippen molar-refractivity contribution < 1.29 is 17.9 Å². The summed E-state index contributed by atoms with van der Waals surface area (Å²) in [6.45, 7) is 1.85. The second-order valence-corrected chi connectivity index (χ2v) is 5.68. The van der Waals surface area contributed by atoms with Crippen molar-refractivity contribution in [1.82, 2.24) is 9.71 Å². The fraction of sp³-hybridized carbons (Fsp3) is 0.417. The number of hydrogen-bond acceptors (Lipinski definition) is 6. The minimum Gasteiger partial charge on any atom is -0.464 e. The van der Waals surface area contributed by atoms with Crippen LogP contribution in [0.1, 0.15) is 30.3 Å². The van der Waals surface area contributed by atoms with Crippen molar-refractivity contribution in [1.29, 1.82) is 5.26 Å². The van der Waals surface area contributed by atoms with Crippen molar-refractivity contribution in [2.45, 2.75) is 30.7 Å². The molecule has 1 aromatic heterocycles. The highest BCUT2D eigenvalue weighted by molar-refractivity contribution is 7.89. The molecule has 0 spiro atoms. The number of carbonyl (C=O) groups is 1. The first-order valence-electron chi connectivity index (χ1n) is 5.91. The van der Waals surface area contributed by atoms with Crippen LogP contribution in [-0.4, -0.2) is 32.5 Å². The zero-order valence-corrected chi connectivity index (χ0v) is 12.0. The van der Waals surface area contributed by atoms with Gasteiger partial charge in [0.25, 0.3) is 0 Å². The lowest BCUT2D eigenvalue weighted by atomic mass is 10.2. The molecule has 20 heavy (non-hydrogen) atoms. The highest BCUT2D eigenvalue weighted by atomic mass is 32.2. The Labute approximate surface area is 117 Å². The summed E-state index contributed by atoms with van der Waals surface area (Å²) in [4.78, 5) is 14.8. The van der Waals surface area contributed by atoms with E-state index >= 15 is 0 Å². The first-order chi connectivity index (χ1) is 9.44. The number of carbonyl (C=O) groups excluding carboxylic acids is 1. The number of methoxy groups -OCH3 is 1. The van der Waals surface area contributed by atoms with Gasteiger partial charge in [0.2, 0.25) is 10.0 Å². The Bertz CT molecular complexity index is 605. The lowest BCUT2D eigenvalue weighted by Gasteiger charge is -2.11. The van der Waals surface area contributed by atoms with E-state index in [9.17, 15) is 13.2 Å². The van der Waals surface area contributed by atoms with Crippen molar-refractivity contribution in [3.8, 4) is 6.07 Å². The van der Waals surface area contributed by atoms with Crippen LogP contribution in [0.2, 0.25) is 0 Å². The van der Waals surface area contributed by atoms with Gasteiger partial charge < -0.3 is 4.74 Å². The van der Waals surface area contributed by atoms with E-state index in [0.717, 1.165) is 6.20 Å². The third kappa shape index (κ3) is 4.01. The maximum absolute atomic E-state index is 12.0. The molecule has 0 aliphatic carbocycles. The molecule has 0 unspecified atom stereocenters. The van der Waals surface area contributed by atoms with E-state index in [4.69, 9.17) is 5.26 Å². The van der Waals surface area contributed by atoms with Crippen LogP contribution in [0.5, 0.6) is 0 Å². The Kier molecular flexibility index (Phi) is 5.61. The zero-order chi connectivity index (χ0) is 15.2. The smallest absolute Gasteiger partial charge is 0.356 e. The quantitative estimate of drug-likeness (QED) is 0.779. The highest BCUT2D eigenvalue weighted by Crippen LogP contribution is 2.10. The summed E-state index contributed by atoms with van der Waals surface area (Å²) in [5.41, 5.74) is 0.0110. The summed E-state index contributed by atoms with van der Waals surface area (Å²) >= 11 is 0. The zero-order valence-electron chi connectivity index (χ0n) is 11.2. The molecule has 1 atom stereocenters.